The molecule has 0 aliphatic carbocycles. The van der Waals surface area contributed by atoms with Crippen molar-refractivity contribution in [2.24, 2.45) is 12.0 Å². The Morgan fingerprint density at radius 1 is 1.29 bits per heavy atom. The van der Waals surface area contributed by atoms with Crippen LogP contribution >= 0.6 is 11.6 Å². The molecule has 1 aliphatic heterocycles. The average Bonchev–Trinajstić information content (AvgIpc) is 3.37. The van der Waals surface area contributed by atoms with E-state index in [0.717, 1.165) is 60.3 Å². The van der Waals surface area contributed by atoms with Crippen molar-refractivity contribution in [2.75, 3.05) is 31.6 Å². The molecular weight excluding hydrogens is 412 g/mol. The lowest BCUT2D eigenvalue weighted by atomic mass is 10.2. The summed E-state index contributed by atoms with van der Waals surface area (Å²) in [6.07, 6.45) is 1.01. The minimum atomic E-state index is 0.280. The highest BCUT2D eigenvalue weighted by molar-refractivity contribution is 6.30. The van der Waals surface area contributed by atoms with Gasteiger partial charge < -0.3 is 24.8 Å². The fourth-order valence-corrected chi connectivity index (χ4v) is 4.17. The molecule has 1 aromatic heterocycles. The van der Waals surface area contributed by atoms with E-state index in [9.17, 15) is 0 Å². The number of aliphatic imine (C=N–C) groups is 1. The van der Waals surface area contributed by atoms with Crippen molar-refractivity contribution in [3.63, 3.8) is 0 Å². The number of anilines is 1. The number of benzene rings is 2. The summed E-state index contributed by atoms with van der Waals surface area (Å²) >= 11 is 6.22. The number of aromatic nitrogens is 2. The summed E-state index contributed by atoms with van der Waals surface area (Å²) in [4.78, 5) is 11.8. The Morgan fingerprint density at radius 2 is 2.13 bits per heavy atom. The van der Waals surface area contributed by atoms with Gasteiger partial charge in [-0.2, -0.15) is 0 Å². The predicted octanol–water partition coefficient (Wildman–Crippen LogP) is 3.57. The summed E-state index contributed by atoms with van der Waals surface area (Å²) in [5.41, 5.74) is 3.14. The van der Waals surface area contributed by atoms with Crippen LogP contribution in [0, 0.1) is 0 Å². The second-order valence-electron chi connectivity index (χ2n) is 7.66. The van der Waals surface area contributed by atoms with E-state index in [1.807, 2.05) is 43.4 Å². The monoisotopic (exact) mass is 440 g/mol. The third-order valence-electron chi connectivity index (χ3n) is 5.61. The molecule has 164 valence electrons. The first-order valence-corrected chi connectivity index (χ1v) is 11.0. The van der Waals surface area contributed by atoms with Gasteiger partial charge in [0.15, 0.2) is 5.96 Å². The van der Waals surface area contributed by atoms with E-state index in [2.05, 4.69) is 33.1 Å². The molecule has 3 aromatic rings. The van der Waals surface area contributed by atoms with Gasteiger partial charge in [-0.05, 0) is 43.7 Å². The molecule has 0 radical (unpaired) electrons. The molecule has 2 N–H and O–H groups in total. The zero-order valence-corrected chi connectivity index (χ0v) is 19.0. The molecule has 31 heavy (non-hydrogen) atoms. The lowest BCUT2D eigenvalue weighted by molar-refractivity contribution is 0.415. The van der Waals surface area contributed by atoms with Crippen LogP contribution < -0.4 is 20.3 Å². The highest BCUT2D eigenvalue weighted by atomic mass is 35.5. The second kappa shape index (κ2) is 9.47. The van der Waals surface area contributed by atoms with Gasteiger partial charge >= 0.3 is 0 Å². The van der Waals surface area contributed by atoms with Gasteiger partial charge in [0.25, 0.3) is 0 Å². The van der Waals surface area contributed by atoms with E-state index in [1.54, 1.807) is 7.11 Å². The minimum absolute atomic E-state index is 0.280. The topological polar surface area (TPSA) is 66.7 Å². The van der Waals surface area contributed by atoms with Crippen LogP contribution in [0.25, 0.3) is 11.0 Å². The number of rotatable bonds is 6. The zero-order chi connectivity index (χ0) is 21.8. The van der Waals surface area contributed by atoms with Crippen molar-refractivity contribution < 1.29 is 4.74 Å². The number of guanidine groups is 1. The summed E-state index contributed by atoms with van der Waals surface area (Å²) in [6.45, 7) is 5.17. The summed E-state index contributed by atoms with van der Waals surface area (Å²) in [6, 6.07) is 14.2. The van der Waals surface area contributed by atoms with E-state index in [-0.39, 0.29) is 6.04 Å². The lowest BCUT2D eigenvalue weighted by Crippen LogP contribution is -2.44. The number of ether oxygens (including phenoxy) is 1. The molecule has 0 bridgehead atoms. The maximum atomic E-state index is 6.22. The lowest BCUT2D eigenvalue weighted by Gasteiger charge is -2.22. The Kier molecular flexibility index (Phi) is 6.51. The van der Waals surface area contributed by atoms with Crippen molar-refractivity contribution in [1.82, 2.24) is 20.2 Å². The van der Waals surface area contributed by atoms with Gasteiger partial charge in [0.1, 0.15) is 18.1 Å². The maximum absolute atomic E-state index is 6.22. The van der Waals surface area contributed by atoms with Crippen LogP contribution in [0.15, 0.2) is 47.5 Å². The number of halogens is 1. The number of para-hydroxylation sites is 2. The molecule has 7 nitrogen and oxygen atoms in total. The molecule has 1 unspecified atom stereocenters. The number of fused-ring (bicyclic) bond motifs is 1. The predicted molar refractivity (Wildman–Crippen MR) is 127 cm³/mol. The molecule has 1 atom stereocenters. The summed E-state index contributed by atoms with van der Waals surface area (Å²) in [5, 5.41) is 7.65. The van der Waals surface area contributed by atoms with E-state index in [0.29, 0.717) is 11.6 Å². The van der Waals surface area contributed by atoms with Crippen molar-refractivity contribution >= 4 is 34.3 Å². The Morgan fingerprint density at radius 3 is 2.90 bits per heavy atom. The van der Waals surface area contributed by atoms with Gasteiger partial charge in [0.2, 0.25) is 0 Å². The zero-order valence-electron chi connectivity index (χ0n) is 18.2. The van der Waals surface area contributed by atoms with Gasteiger partial charge in [-0.1, -0.05) is 23.7 Å². The number of hydrogen-bond donors (Lipinski definition) is 2. The first kappa shape index (κ1) is 21.3. The third kappa shape index (κ3) is 4.71. The van der Waals surface area contributed by atoms with Crippen molar-refractivity contribution in [1.29, 1.82) is 0 Å². The van der Waals surface area contributed by atoms with E-state index < -0.39 is 0 Å². The number of aryl methyl sites for hydroxylation is 1. The number of nitrogens with one attached hydrogen (secondary N) is 2. The molecule has 0 saturated carbocycles. The van der Waals surface area contributed by atoms with Crippen molar-refractivity contribution in [2.45, 2.75) is 25.9 Å². The SMILES string of the molecule is CCNC(=NCc1nc2ccccc2n1C)NC1CCN(c2cc(Cl)ccc2OC)C1. The molecule has 2 heterocycles. The summed E-state index contributed by atoms with van der Waals surface area (Å²) in [5.74, 6) is 2.59. The number of hydrogen-bond acceptors (Lipinski definition) is 4. The van der Waals surface area contributed by atoms with Crippen LogP contribution in [0.3, 0.4) is 0 Å². The Labute approximate surface area is 188 Å². The van der Waals surface area contributed by atoms with Crippen molar-refractivity contribution in [3.8, 4) is 5.75 Å². The van der Waals surface area contributed by atoms with Gasteiger partial charge in [-0.25, -0.2) is 9.98 Å². The molecular formula is C23H29ClN6O. The first-order valence-electron chi connectivity index (χ1n) is 10.6. The fourth-order valence-electron chi connectivity index (χ4n) is 4.01. The van der Waals surface area contributed by atoms with Crippen LogP contribution in [-0.4, -0.2) is 48.3 Å². The van der Waals surface area contributed by atoms with Gasteiger partial charge in [-0.15, -0.1) is 0 Å². The normalized spacial score (nSPS) is 16.7. The van der Waals surface area contributed by atoms with Crippen LogP contribution in [-0.2, 0) is 13.6 Å². The molecule has 2 aromatic carbocycles. The number of nitrogens with zero attached hydrogens (tertiary/aromatic N) is 4. The molecule has 1 saturated heterocycles. The quantitative estimate of drug-likeness (QED) is 0.453. The Balaban J connectivity index is 1.45. The van der Waals surface area contributed by atoms with E-state index >= 15 is 0 Å². The molecule has 0 spiro atoms. The van der Waals surface area contributed by atoms with Gasteiger partial charge in [0.05, 0.1) is 23.8 Å². The van der Waals surface area contributed by atoms with Crippen molar-refractivity contribution in [3.05, 3.63) is 53.3 Å². The fraction of sp³-hybridized carbons (Fsp3) is 0.391. The average molecular weight is 441 g/mol. The molecule has 0 amide bonds. The molecule has 1 fully saturated rings. The summed E-state index contributed by atoms with van der Waals surface area (Å²) < 4.78 is 7.63. The van der Waals surface area contributed by atoms with E-state index in [4.69, 9.17) is 26.3 Å². The smallest absolute Gasteiger partial charge is 0.191 e. The first-order chi connectivity index (χ1) is 15.1. The largest absolute Gasteiger partial charge is 0.495 e. The highest BCUT2D eigenvalue weighted by Crippen LogP contribution is 2.33. The highest BCUT2D eigenvalue weighted by Gasteiger charge is 2.25. The van der Waals surface area contributed by atoms with Crippen LogP contribution in [0.2, 0.25) is 5.02 Å². The summed E-state index contributed by atoms with van der Waals surface area (Å²) in [7, 11) is 3.73. The number of methoxy groups -OCH3 is 1. The Hall–Kier alpha value is -2.93. The number of imidazole rings is 1. The maximum Gasteiger partial charge on any atom is 0.191 e. The second-order valence-corrected chi connectivity index (χ2v) is 8.10. The molecule has 8 heteroatoms. The molecule has 1 aliphatic rings. The Bertz CT molecular complexity index is 1080. The van der Waals surface area contributed by atoms with Crippen LogP contribution in [0.5, 0.6) is 5.75 Å². The third-order valence-corrected chi connectivity index (χ3v) is 5.85. The van der Waals surface area contributed by atoms with Crippen LogP contribution in [0.4, 0.5) is 5.69 Å². The molecule has 4 rings (SSSR count). The minimum Gasteiger partial charge on any atom is -0.495 e. The van der Waals surface area contributed by atoms with Gasteiger partial charge in [0, 0.05) is 37.7 Å². The van der Waals surface area contributed by atoms with Crippen LogP contribution in [0.1, 0.15) is 19.2 Å². The standard InChI is InChI=1S/C23H29ClN6O/c1-4-25-23(26-14-22-28-18-7-5-6-8-19(18)29(22)2)27-17-11-12-30(15-17)20-13-16(24)9-10-21(20)31-3/h5-10,13,17H,4,11-12,14-15H2,1-3H3,(H2,25,26,27). The van der Waals surface area contributed by atoms with E-state index in [1.165, 1.54) is 0 Å². The van der Waals surface area contributed by atoms with Gasteiger partial charge in [-0.3, -0.25) is 0 Å².